The van der Waals surface area contributed by atoms with Crippen LogP contribution < -0.4 is 5.32 Å². The van der Waals surface area contributed by atoms with Crippen LogP contribution in [0.5, 0.6) is 0 Å². The van der Waals surface area contributed by atoms with Crippen LogP contribution in [-0.2, 0) is 19.8 Å². The van der Waals surface area contributed by atoms with Crippen LogP contribution in [0.4, 0.5) is 18.9 Å². The smallest absolute Gasteiger partial charge is 0.318 e. The Labute approximate surface area is 147 Å². The quantitative estimate of drug-likeness (QED) is 0.774. The molecular formula is C17H16F3N5O. The van der Waals surface area contributed by atoms with Crippen molar-refractivity contribution in [2.75, 3.05) is 5.32 Å². The first-order chi connectivity index (χ1) is 12.2. The lowest BCUT2D eigenvalue weighted by Crippen LogP contribution is -2.15. The Morgan fingerprint density at radius 3 is 2.69 bits per heavy atom. The van der Waals surface area contributed by atoms with Crippen molar-refractivity contribution < 1.29 is 18.0 Å². The lowest BCUT2D eigenvalue weighted by atomic mass is 10.1. The van der Waals surface area contributed by atoms with E-state index in [0.29, 0.717) is 18.3 Å². The van der Waals surface area contributed by atoms with Crippen molar-refractivity contribution in [2.24, 2.45) is 7.05 Å². The summed E-state index contributed by atoms with van der Waals surface area (Å²) in [5, 5.41) is 10.0. The highest BCUT2D eigenvalue weighted by Gasteiger charge is 2.35. The molecule has 136 valence electrons. The van der Waals surface area contributed by atoms with E-state index in [1.54, 1.807) is 10.9 Å². The molecule has 0 aliphatic carbocycles. The van der Waals surface area contributed by atoms with Gasteiger partial charge in [-0.25, -0.2) is 0 Å². The maximum absolute atomic E-state index is 12.7. The van der Waals surface area contributed by atoms with E-state index in [4.69, 9.17) is 0 Å². The Morgan fingerprint density at radius 1 is 1.27 bits per heavy atom. The number of hydrogen-bond acceptors (Lipinski definition) is 3. The van der Waals surface area contributed by atoms with Crippen LogP contribution in [0.3, 0.4) is 0 Å². The average Bonchev–Trinajstić information content (AvgIpc) is 3.13. The molecule has 0 atom stereocenters. The molecule has 0 bridgehead atoms. The van der Waals surface area contributed by atoms with Crippen LogP contribution in [0.25, 0.3) is 0 Å². The fourth-order valence-corrected chi connectivity index (χ4v) is 2.53. The zero-order valence-corrected chi connectivity index (χ0v) is 14.1. The molecule has 6 nitrogen and oxygen atoms in total. The fourth-order valence-electron chi connectivity index (χ4n) is 2.53. The van der Waals surface area contributed by atoms with Gasteiger partial charge in [0, 0.05) is 19.3 Å². The molecule has 3 rings (SSSR count). The number of amides is 1. The Hall–Kier alpha value is -3.10. The van der Waals surface area contributed by atoms with Crippen molar-refractivity contribution in [1.82, 2.24) is 19.6 Å². The Balaban J connectivity index is 1.71. The summed E-state index contributed by atoms with van der Waals surface area (Å²) >= 11 is 0. The fraction of sp³-hybridized carbons (Fsp3) is 0.235. The molecule has 0 saturated carbocycles. The van der Waals surface area contributed by atoms with E-state index in [0.717, 1.165) is 15.8 Å². The number of alkyl halides is 3. The van der Waals surface area contributed by atoms with Gasteiger partial charge in [-0.15, -0.1) is 0 Å². The average molecular weight is 363 g/mol. The predicted molar refractivity (Wildman–Crippen MR) is 88.7 cm³/mol. The highest BCUT2D eigenvalue weighted by Crippen LogP contribution is 2.28. The molecule has 2 heterocycles. The second-order valence-electron chi connectivity index (χ2n) is 5.91. The molecule has 9 heteroatoms. The van der Waals surface area contributed by atoms with Crippen molar-refractivity contribution in [1.29, 1.82) is 0 Å². The molecular weight excluding hydrogens is 347 g/mol. The standard InChI is InChI=1S/C17H16F3N5O/c1-11-4-3-5-12(6-11)9-25-10-13(8-21-25)22-16(26)14-7-15(17(18,19)20)23-24(14)2/h3-8,10H,9H2,1-2H3,(H,22,26). The van der Waals surface area contributed by atoms with E-state index in [2.05, 4.69) is 15.5 Å². The topological polar surface area (TPSA) is 64.7 Å². The summed E-state index contributed by atoms with van der Waals surface area (Å²) in [6.45, 7) is 2.50. The van der Waals surface area contributed by atoms with Crippen LogP contribution in [0.15, 0.2) is 42.7 Å². The summed E-state index contributed by atoms with van der Waals surface area (Å²) in [6.07, 6.45) is -1.55. The maximum atomic E-state index is 12.7. The molecule has 0 fully saturated rings. The van der Waals surface area contributed by atoms with Gasteiger partial charge in [0.1, 0.15) is 5.69 Å². The van der Waals surface area contributed by atoms with Gasteiger partial charge in [0.2, 0.25) is 0 Å². The minimum Gasteiger partial charge on any atom is -0.318 e. The van der Waals surface area contributed by atoms with Crippen LogP contribution in [-0.4, -0.2) is 25.5 Å². The normalized spacial score (nSPS) is 11.6. The minimum atomic E-state index is -4.60. The maximum Gasteiger partial charge on any atom is 0.435 e. The summed E-state index contributed by atoms with van der Waals surface area (Å²) < 4.78 is 40.6. The van der Waals surface area contributed by atoms with Gasteiger partial charge >= 0.3 is 6.18 Å². The third-order valence-electron chi connectivity index (χ3n) is 3.72. The molecule has 0 aliphatic heterocycles. The lowest BCUT2D eigenvalue weighted by molar-refractivity contribution is -0.141. The van der Waals surface area contributed by atoms with Crippen molar-refractivity contribution in [3.8, 4) is 0 Å². The van der Waals surface area contributed by atoms with Gasteiger partial charge in [-0.2, -0.15) is 23.4 Å². The monoisotopic (exact) mass is 363 g/mol. The molecule has 2 aromatic heterocycles. The highest BCUT2D eigenvalue weighted by atomic mass is 19.4. The van der Waals surface area contributed by atoms with E-state index in [9.17, 15) is 18.0 Å². The van der Waals surface area contributed by atoms with Gasteiger partial charge < -0.3 is 5.32 Å². The number of aryl methyl sites for hydroxylation is 2. The number of halogens is 3. The molecule has 0 saturated heterocycles. The number of aromatic nitrogens is 4. The third-order valence-corrected chi connectivity index (χ3v) is 3.72. The molecule has 1 N–H and O–H groups in total. The number of anilines is 1. The number of nitrogens with one attached hydrogen (secondary N) is 1. The van der Waals surface area contributed by atoms with Gasteiger partial charge in [-0.3, -0.25) is 14.2 Å². The zero-order chi connectivity index (χ0) is 18.9. The van der Waals surface area contributed by atoms with Crippen molar-refractivity contribution in [2.45, 2.75) is 19.6 Å². The van der Waals surface area contributed by atoms with Crippen LogP contribution >= 0.6 is 0 Å². The summed E-state index contributed by atoms with van der Waals surface area (Å²) in [4.78, 5) is 12.2. The van der Waals surface area contributed by atoms with Crippen molar-refractivity contribution in [3.63, 3.8) is 0 Å². The number of rotatable bonds is 4. The lowest BCUT2D eigenvalue weighted by Gasteiger charge is -2.03. The Bertz CT molecular complexity index is 942. The first-order valence-corrected chi connectivity index (χ1v) is 7.73. The number of carbonyl (C=O) groups excluding carboxylic acids is 1. The highest BCUT2D eigenvalue weighted by molar-refractivity contribution is 6.03. The second kappa shape index (κ2) is 6.66. The molecule has 0 aliphatic rings. The van der Waals surface area contributed by atoms with E-state index in [1.165, 1.54) is 13.2 Å². The van der Waals surface area contributed by atoms with Gasteiger partial charge in [-0.05, 0) is 12.5 Å². The third kappa shape index (κ3) is 3.93. The molecule has 26 heavy (non-hydrogen) atoms. The van der Waals surface area contributed by atoms with Crippen molar-refractivity contribution >= 4 is 11.6 Å². The van der Waals surface area contributed by atoms with Crippen LogP contribution in [0.2, 0.25) is 0 Å². The van der Waals surface area contributed by atoms with Gasteiger partial charge in [0.25, 0.3) is 5.91 Å². The van der Waals surface area contributed by atoms with Gasteiger partial charge in [0.05, 0.1) is 18.4 Å². The second-order valence-corrected chi connectivity index (χ2v) is 5.91. The molecule has 0 unspecified atom stereocenters. The number of nitrogens with zero attached hydrogens (tertiary/aromatic N) is 4. The minimum absolute atomic E-state index is 0.191. The number of carbonyl (C=O) groups is 1. The van der Waals surface area contributed by atoms with E-state index in [1.807, 2.05) is 31.2 Å². The molecule has 0 spiro atoms. The molecule has 1 amide bonds. The first kappa shape index (κ1) is 17.7. The van der Waals surface area contributed by atoms with Crippen LogP contribution in [0, 0.1) is 6.92 Å². The summed E-state index contributed by atoms with van der Waals surface area (Å²) in [5.74, 6) is -0.689. The molecule has 3 aromatic rings. The van der Waals surface area contributed by atoms with E-state index in [-0.39, 0.29) is 5.69 Å². The van der Waals surface area contributed by atoms with Gasteiger partial charge in [-0.1, -0.05) is 29.8 Å². The summed E-state index contributed by atoms with van der Waals surface area (Å²) in [5.41, 5.74) is 1.26. The number of benzene rings is 1. The van der Waals surface area contributed by atoms with Gasteiger partial charge in [0.15, 0.2) is 5.69 Å². The summed E-state index contributed by atoms with van der Waals surface area (Å²) in [6, 6.07) is 8.63. The SMILES string of the molecule is Cc1cccc(Cn2cc(NC(=O)c3cc(C(F)(F)F)nn3C)cn2)c1. The zero-order valence-electron chi connectivity index (χ0n) is 14.1. The summed E-state index contributed by atoms with van der Waals surface area (Å²) in [7, 11) is 1.28. The first-order valence-electron chi connectivity index (χ1n) is 7.73. The van der Waals surface area contributed by atoms with E-state index >= 15 is 0 Å². The number of hydrogen-bond donors (Lipinski definition) is 1. The van der Waals surface area contributed by atoms with Crippen molar-refractivity contribution in [3.05, 3.63) is 65.2 Å². The molecule has 0 radical (unpaired) electrons. The molecule has 1 aromatic carbocycles. The van der Waals surface area contributed by atoms with Crippen LogP contribution in [0.1, 0.15) is 27.3 Å². The predicted octanol–water partition coefficient (Wildman–Crippen LogP) is 3.24. The Morgan fingerprint density at radius 2 is 2.04 bits per heavy atom. The van der Waals surface area contributed by atoms with E-state index < -0.39 is 17.8 Å². The Kier molecular flexibility index (Phi) is 4.54. The largest absolute Gasteiger partial charge is 0.435 e.